The van der Waals surface area contributed by atoms with Gasteiger partial charge in [0, 0.05) is 16.2 Å². The number of aryl methyl sites for hydroxylation is 4. The van der Waals surface area contributed by atoms with Crippen molar-refractivity contribution in [1.29, 1.82) is 0 Å². The van der Waals surface area contributed by atoms with Crippen LogP contribution in [0.1, 0.15) is 38.1 Å². The Morgan fingerprint density at radius 3 is 2.28 bits per heavy atom. The summed E-state index contributed by atoms with van der Waals surface area (Å²) in [5.74, 6) is 0. The van der Waals surface area contributed by atoms with Crippen molar-refractivity contribution >= 4 is 11.3 Å². The molecule has 0 aliphatic rings. The molecule has 0 aliphatic carbocycles. The van der Waals surface area contributed by atoms with Crippen molar-refractivity contribution in [2.24, 2.45) is 0 Å². The fourth-order valence-corrected chi connectivity index (χ4v) is 3.05. The first-order chi connectivity index (χ1) is 8.47. The highest BCUT2D eigenvalue weighted by Crippen LogP contribution is 2.28. The molecule has 0 bridgehead atoms. The van der Waals surface area contributed by atoms with Gasteiger partial charge in [0.1, 0.15) is 0 Å². The average Bonchev–Trinajstić information content (AvgIpc) is 2.65. The molecule has 0 fully saturated rings. The van der Waals surface area contributed by atoms with Crippen molar-refractivity contribution in [3.05, 3.63) is 56.3 Å². The molecule has 0 spiro atoms. The molecule has 0 saturated carbocycles. The van der Waals surface area contributed by atoms with Crippen LogP contribution in [0.2, 0.25) is 0 Å². The molecule has 0 amide bonds. The van der Waals surface area contributed by atoms with Gasteiger partial charge in [-0.25, -0.2) is 0 Å². The Balaban J connectivity index is 2.15. The molecule has 0 radical (unpaired) electrons. The number of rotatable bonds is 3. The standard InChI is InChI=1S/C16H20OS/c1-10-5-6-14(7-11(10)2)9-15(17)16-8-12(3)13(4)18-16/h5-8,15,17H,9H2,1-4H3. The minimum atomic E-state index is -0.385. The molecule has 1 atom stereocenters. The summed E-state index contributed by atoms with van der Waals surface area (Å²) in [4.78, 5) is 2.37. The monoisotopic (exact) mass is 260 g/mol. The van der Waals surface area contributed by atoms with E-state index < -0.39 is 0 Å². The molecule has 1 unspecified atom stereocenters. The van der Waals surface area contributed by atoms with Crippen molar-refractivity contribution in [2.75, 3.05) is 0 Å². The summed E-state index contributed by atoms with van der Waals surface area (Å²) in [6, 6.07) is 8.51. The molecule has 1 N–H and O–H groups in total. The third-order valence-corrected chi connectivity index (χ3v) is 4.77. The molecule has 1 aromatic carbocycles. The first-order valence-corrected chi connectivity index (χ1v) is 7.10. The number of benzene rings is 1. The van der Waals surface area contributed by atoms with E-state index >= 15 is 0 Å². The van der Waals surface area contributed by atoms with Gasteiger partial charge in [0.25, 0.3) is 0 Å². The number of thiophene rings is 1. The first-order valence-electron chi connectivity index (χ1n) is 6.28. The summed E-state index contributed by atoms with van der Waals surface area (Å²) in [5, 5.41) is 10.3. The van der Waals surface area contributed by atoms with Gasteiger partial charge >= 0.3 is 0 Å². The summed E-state index contributed by atoms with van der Waals surface area (Å²) in [7, 11) is 0. The van der Waals surface area contributed by atoms with Crippen LogP contribution in [0, 0.1) is 27.7 Å². The summed E-state index contributed by atoms with van der Waals surface area (Å²) >= 11 is 1.70. The van der Waals surface area contributed by atoms with E-state index in [9.17, 15) is 5.11 Å². The zero-order valence-corrected chi connectivity index (χ0v) is 12.3. The molecule has 1 heterocycles. The Morgan fingerprint density at radius 1 is 1.00 bits per heavy atom. The largest absolute Gasteiger partial charge is 0.387 e. The first kappa shape index (κ1) is 13.3. The van der Waals surface area contributed by atoms with Gasteiger partial charge in [0.15, 0.2) is 0 Å². The third-order valence-electron chi connectivity index (χ3n) is 3.51. The Hall–Kier alpha value is -1.12. The van der Waals surface area contributed by atoms with E-state index in [1.807, 2.05) is 0 Å². The topological polar surface area (TPSA) is 20.2 Å². The fourth-order valence-electron chi connectivity index (χ4n) is 2.02. The van der Waals surface area contributed by atoms with Crippen LogP contribution in [0.5, 0.6) is 0 Å². The van der Waals surface area contributed by atoms with E-state index in [1.54, 1.807) is 11.3 Å². The molecule has 18 heavy (non-hydrogen) atoms. The quantitative estimate of drug-likeness (QED) is 0.874. The van der Waals surface area contributed by atoms with Crippen molar-refractivity contribution in [3.8, 4) is 0 Å². The summed E-state index contributed by atoms with van der Waals surface area (Å²) in [6.45, 7) is 8.43. The predicted molar refractivity (Wildman–Crippen MR) is 78.4 cm³/mol. The zero-order valence-electron chi connectivity index (χ0n) is 11.4. The second-order valence-electron chi connectivity index (χ2n) is 5.03. The Kier molecular flexibility index (Phi) is 3.88. The summed E-state index contributed by atoms with van der Waals surface area (Å²) in [6.07, 6.45) is 0.310. The SMILES string of the molecule is Cc1ccc(CC(O)c2cc(C)c(C)s2)cc1C. The van der Waals surface area contributed by atoms with Crippen molar-refractivity contribution in [2.45, 2.75) is 40.2 Å². The minimum Gasteiger partial charge on any atom is -0.387 e. The molecule has 2 aromatic rings. The number of aliphatic hydroxyl groups excluding tert-OH is 1. The van der Waals surface area contributed by atoms with Crippen LogP contribution < -0.4 is 0 Å². The molecular formula is C16H20OS. The highest BCUT2D eigenvalue weighted by molar-refractivity contribution is 7.12. The number of hydrogen-bond acceptors (Lipinski definition) is 2. The van der Waals surface area contributed by atoms with Crippen LogP contribution in [0.15, 0.2) is 24.3 Å². The Morgan fingerprint density at radius 2 is 1.72 bits per heavy atom. The van der Waals surface area contributed by atoms with Gasteiger partial charge in [-0.1, -0.05) is 18.2 Å². The second kappa shape index (κ2) is 5.25. The Bertz CT molecular complexity index is 535. The number of hydrogen-bond donors (Lipinski definition) is 1. The summed E-state index contributed by atoms with van der Waals surface area (Å²) < 4.78 is 0. The van der Waals surface area contributed by atoms with E-state index in [-0.39, 0.29) is 6.10 Å². The lowest BCUT2D eigenvalue weighted by atomic mass is 10.0. The van der Waals surface area contributed by atoms with Crippen LogP contribution in [0.3, 0.4) is 0 Å². The summed E-state index contributed by atoms with van der Waals surface area (Å²) in [5.41, 5.74) is 5.07. The smallest absolute Gasteiger partial charge is 0.0922 e. The Labute approximate surface area is 113 Å². The molecule has 1 nitrogen and oxygen atoms in total. The zero-order chi connectivity index (χ0) is 13.3. The third kappa shape index (κ3) is 2.82. The van der Waals surface area contributed by atoms with Crippen LogP contribution in [-0.4, -0.2) is 5.11 Å². The molecule has 1 aromatic heterocycles. The molecule has 0 saturated heterocycles. The van der Waals surface area contributed by atoms with Gasteiger partial charge < -0.3 is 5.11 Å². The van der Waals surface area contributed by atoms with Crippen molar-refractivity contribution in [1.82, 2.24) is 0 Å². The van der Waals surface area contributed by atoms with E-state index in [1.165, 1.54) is 27.1 Å². The maximum Gasteiger partial charge on any atom is 0.0922 e. The van der Waals surface area contributed by atoms with Gasteiger partial charge in [-0.05, 0) is 56.0 Å². The predicted octanol–water partition coefficient (Wildman–Crippen LogP) is 4.26. The molecular weight excluding hydrogens is 240 g/mol. The average molecular weight is 260 g/mol. The second-order valence-corrected chi connectivity index (χ2v) is 6.31. The highest BCUT2D eigenvalue weighted by Gasteiger charge is 2.12. The lowest BCUT2D eigenvalue weighted by molar-refractivity contribution is 0.182. The molecule has 2 heteroatoms. The van der Waals surface area contributed by atoms with Crippen LogP contribution in [0.4, 0.5) is 0 Å². The van der Waals surface area contributed by atoms with Gasteiger partial charge in [-0.15, -0.1) is 11.3 Å². The van der Waals surface area contributed by atoms with Crippen LogP contribution >= 0.6 is 11.3 Å². The maximum atomic E-state index is 10.3. The van der Waals surface area contributed by atoms with E-state index in [4.69, 9.17) is 0 Å². The van der Waals surface area contributed by atoms with E-state index in [2.05, 4.69) is 52.0 Å². The fraction of sp³-hybridized carbons (Fsp3) is 0.375. The van der Waals surface area contributed by atoms with E-state index in [0.717, 1.165) is 4.88 Å². The van der Waals surface area contributed by atoms with Gasteiger partial charge in [0.05, 0.1) is 6.10 Å². The minimum absolute atomic E-state index is 0.385. The maximum absolute atomic E-state index is 10.3. The van der Waals surface area contributed by atoms with Crippen LogP contribution in [0.25, 0.3) is 0 Å². The van der Waals surface area contributed by atoms with E-state index in [0.29, 0.717) is 6.42 Å². The molecule has 96 valence electrons. The lowest BCUT2D eigenvalue weighted by Gasteiger charge is -2.10. The molecule has 0 aliphatic heterocycles. The number of aliphatic hydroxyl groups is 1. The highest BCUT2D eigenvalue weighted by atomic mass is 32.1. The molecule has 2 rings (SSSR count). The van der Waals surface area contributed by atoms with Gasteiger partial charge in [-0.2, -0.15) is 0 Å². The normalized spacial score (nSPS) is 12.7. The van der Waals surface area contributed by atoms with Crippen LogP contribution in [-0.2, 0) is 6.42 Å². The van der Waals surface area contributed by atoms with Gasteiger partial charge in [0.2, 0.25) is 0 Å². The van der Waals surface area contributed by atoms with Gasteiger partial charge in [-0.3, -0.25) is 0 Å². The van der Waals surface area contributed by atoms with Crippen molar-refractivity contribution in [3.63, 3.8) is 0 Å². The lowest BCUT2D eigenvalue weighted by Crippen LogP contribution is -2.00. The van der Waals surface area contributed by atoms with Crippen molar-refractivity contribution < 1.29 is 5.11 Å².